The molecular weight excluding hydrogens is 1070 g/mol. The lowest BCUT2D eigenvalue weighted by Crippen LogP contribution is -2.54. The zero-order valence-electron chi connectivity index (χ0n) is 46.7. The van der Waals surface area contributed by atoms with Gasteiger partial charge < -0.3 is 24.2 Å². The first-order chi connectivity index (χ1) is 39.4. The van der Waals surface area contributed by atoms with Gasteiger partial charge >= 0.3 is 5.97 Å². The second-order valence-electron chi connectivity index (χ2n) is 22.9. The van der Waals surface area contributed by atoms with Crippen LogP contribution in [-0.4, -0.2) is 137 Å². The molecule has 20 heteroatoms. The molecule has 0 spiro atoms. The van der Waals surface area contributed by atoms with Gasteiger partial charge in [0, 0.05) is 56.8 Å². The summed E-state index contributed by atoms with van der Waals surface area (Å²) in [5.74, 6) is -1.99. The molecule has 1 unspecified atom stereocenters. The largest absolute Gasteiger partial charge is 0.493 e. The first-order valence-electron chi connectivity index (χ1n) is 28.2. The van der Waals surface area contributed by atoms with Crippen LogP contribution in [0.25, 0.3) is 21.3 Å². The van der Waals surface area contributed by atoms with E-state index in [4.69, 9.17) is 14.5 Å². The minimum absolute atomic E-state index is 0.00376. The molecule has 426 valence electrons. The topological polar surface area (TPSA) is 204 Å². The number of piperidine rings is 2. The maximum Gasteiger partial charge on any atom is 0.358 e. The van der Waals surface area contributed by atoms with E-state index in [0.717, 1.165) is 75.8 Å². The molecule has 6 aromatic rings. The van der Waals surface area contributed by atoms with Crippen molar-refractivity contribution in [3.05, 3.63) is 130 Å². The van der Waals surface area contributed by atoms with Crippen molar-refractivity contribution >= 4 is 79.6 Å². The van der Waals surface area contributed by atoms with Crippen molar-refractivity contribution in [1.29, 1.82) is 0 Å². The number of carbonyl (C=O) groups excluding carboxylic acids is 7. The minimum atomic E-state index is -1.15. The molecule has 3 saturated heterocycles. The highest BCUT2D eigenvalue weighted by molar-refractivity contribution is 7.22. The van der Waals surface area contributed by atoms with E-state index < -0.39 is 47.1 Å². The normalized spacial score (nSPS) is 18.3. The lowest BCUT2D eigenvalue weighted by atomic mass is 9.84. The minimum Gasteiger partial charge on any atom is -0.493 e. The van der Waals surface area contributed by atoms with Gasteiger partial charge in [-0.3, -0.25) is 49.2 Å². The number of benzene rings is 4. The van der Waals surface area contributed by atoms with Gasteiger partial charge in [0.15, 0.2) is 10.8 Å². The van der Waals surface area contributed by atoms with Gasteiger partial charge in [0.05, 0.1) is 40.2 Å². The van der Waals surface area contributed by atoms with Crippen LogP contribution in [0.5, 0.6) is 5.75 Å². The van der Waals surface area contributed by atoms with Crippen LogP contribution in [0.4, 0.5) is 21.0 Å². The summed E-state index contributed by atoms with van der Waals surface area (Å²) in [6.45, 7) is 14.5. The van der Waals surface area contributed by atoms with Crippen molar-refractivity contribution in [2.45, 2.75) is 91.3 Å². The fraction of sp³-hybridized carbons (Fsp3) is 0.403. The summed E-state index contributed by atoms with van der Waals surface area (Å²) in [4.78, 5) is 111. The summed E-state index contributed by atoms with van der Waals surface area (Å²) >= 11 is 1.43. The van der Waals surface area contributed by atoms with Gasteiger partial charge in [-0.05, 0) is 156 Å². The number of nitrogens with zero attached hydrogens (tertiary/aromatic N) is 7. The average Bonchev–Trinajstić information content (AvgIpc) is 4.19. The third-order valence-corrected chi connectivity index (χ3v) is 17.5. The number of carbonyl (C=O) groups is 7. The summed E-state index contributed by atoms with van der Waals surface area (Å²) in [5, 5.41) is 5.73. The van der Waals surface area contributed by atoms with Gasteiger partial charge in [0.1, 0.15) is 29.0 Å². The predicted molar refractivity (Wildman–Crippen MR) is 309 cm³/mol. The van der Waals surface area contributed by atoms with Crippen LogP contribution in [0.1, 0.15) is 118 Å². The van der Waals surface area contributed by atoms with Crippen LogP contribution in [-0.2, 0) is 32.1 Å². The maximum absolute atomic E-state index is 15.6. The molecule has 4 aromatic carbocycles. The molecule has 6 amide bonds. The lowest BCUT2D eigenvalue weighted by molar-refractivity contribution is -0.136. The molecule has 0 radical (unpaired) electrons. The van der Waals surface area contributed by atoms with E-state index in [1.165, 1.54) is 17.4 Å². The van der Waals surface area contributed by atoms with Crippen molar-refractivity contribution in [2.24, 2.45) is 11.8 Å². The van der Waals surface area contributed by atoms with Gasteiger partial charge in [-0.1, -0.05) is 54.7 Å². The first kappa shape index (κ1) is 55.8. The average molecular weight is 1130 g/mol. The van der Waals surface area contributed by atoms with E-state index in [1.54, 1.807) is 9.80 Å². The van der Waals surface area contributed by atoms with Crippen LogP contribution in [0.15, 0.2) is 84.9 Å². The van der Waals surface area contributed by atoms with Crippen molar-refractivity contribution < 1.29 is 47.4 Å². The SMILES string of the molecule is Cc1c(OCC[C@H](C)C2CCN(CC(=O)N3CCN(c4cc5c(cc4F)C(=O)N(C4CCC(=O)NC4=O)C5=O)CC3)CC2)cccc1-c1ccc(N2CCc3cccc(C(=O)Nc4nc5ccccc5s4)c3C2)nc1C(=O)OC(C)(C)C. The molecule has 0 saturated carbocycles. The monoisotopic (exact) mass is 1130 g/mol. The van der Waals surface area contributed by atoms with E-state index in [1.807, 2.05) is 94.4 Å². The lowest BCUT2D eigenvalue weighted by Gasteiger charge is -2.38. The van der Waals surface area contributed by atoms with Crippen LogP contribution < -0.4 is 25.2 Å². The number of anilines is 3. The van der Waals surface area contributed by atoms with Crippen LogP contribution >= 0.6 is 11.3 Å². The second kappa shape index (κ2) is 23.0. The van der Waals surface area contributed by atoms with Crippen LogP contribution in [0.2, 0.25) is 0 Å². The van der Waals surface area contributed by atoms with Crippen molar-refractivity contribution in [1.82, 2.24) is 30.0 Å². The molecule has 3 fully saturated rings. The molecule has 82 heavy (non-hydrogen) atoms. The summed E-state index contributed by atoms with van der Waals surface area (Å²) in [6.07, 6.45) is 3.39. The smallest absolute Gasteiger partial charge is 0.358 e. The highest BCUT2D eigenvalue weighted by Crippen LogP contribution is 2.38. The number of pyridine rings is 1. The molecule has 2 atom stereocenters. The Hall–Kier alpha value is -8.10. The molecule has 7 heterocycles. The van der Waals surface area contributed by atoms with E-state index >= 15 is 4.39 Å². The van der Waals surface area contributed by atoms with Gasteiger partial charge in [0.2, 0.25) is 17.7 Å². The number of amides is 6. The highest BCUT2D eigenvalue weighted by atomic mass is 32.1. The Balaban J connectivity index is 0.674. The van der Waals surface area contributed by atoms with Gasteiger partial charge in [-0.25, -0.2) is 19.2 Å². The molecule has 2 aromatic heterocycles. The first-order valence-corrected chi connectivity index (χ1v) is 29.0. The van der Waals surface area contributed by atoms with E-state index in [9.17, 15) is 33.6 Å². The summed E-state index contributed by atoms with van der Waals surface area (Å²) in [5.41, 5.74) is 5.14. The number of para-hydroxylation sites is 1. The zero-order valence-corrected chi connectivity index (χ0v) is 47.5. The van der Waals surface area contributed by atoms with E-state index in [0.29, 0.717) is 92.0 Å². The number of halogens is 1. The molecule has 0 bridgehead atoms. The number of rotatable bonds is 14. The van der Waals surface area contributed by atoms with Gasteiger partial charge in [-0.2, -0.15) is 0 Å². The number of likely N-dealkylation sites (tertiary alicyclic amines) is 1. The van der Waals surface area contributed by atoms with E-state index in [2.05, 4.69) is 38.4 Å². The molecule has 5 aliphatic rings. The Morgan fingerprint density at radius 1 is 0.805 bits per heavy atom. The molecule has 2 N–H and O–H groups in total. The fourth-order valence-electron chi connectivity index (χ4n) is 11.9. The predicted octanol–water partition coefficient (Wildman–Crippen LogP) is 8.44. The number of fused-ring (bicyclic) bond motifs is 3. The zero-order chi connectivity index (χ0) is 57.6. The highest BCUT2D eigenvalue weighted by Gasteiger charge is 2.45. The van der Waals surface area contributed by atoms with Crippen LogP contribution in [0, 0.1) is 24.6 Å². The number of hydrogen-bond donors (Lipinski definition) is 2. The maximum atomic E-state index is 15.6. The van der Waals surface area contributed by atoms with Crippen molar-refractivity contribution in [3.8, 4) is 16.9 Å². The number of thiazole rings is 1. The molecule has 5 aliphatic heterocycles. The van der Waals surface area contributed by atoms with Gasteiger partial charge in [-0.15, -0.1) is 0 Å². The van der Waals surface area contributed by atoms with Crippen molar-refractivity contribution in [3.63, 3.8) is 0 Å². The quantitative estimate of drug-likeness (QED) is 0.0777. The number of ether oxygens (including phenoxy) is 2. The fourth-order valence-corrected chi connectivity index (χ4v) is 12.8. The summed E-state index contributed by atoms with van der Waals surface area (Å²) in [6, 6.07) is 24.5. The number of aromatic nitrogens is 2. The third-order valence-electron chi connectivity index (χ3n) is 16.5. The standard InChI is InChI=1S/C62H66FN9O9S/c1-36(38-20-24-68(25-21-38)35-54(74)70-29-27-69(28-30-70)49-33-44-43(32-46(49)63)58(77)72(59(44)78)48-17-19-53(73)66-57(48)76)23-31-80-50-14-9-11-40(37(50)2)41-16-18-52(65-55(41)60(79)81-62(3,4)5)71-26-22-39-10-8-12-42(45(39)34-71)56(75)67-61-64-47-13-6-7-15-51(47)82-61/h6-16,18,32-33,36,38,48H,17,19-31,34-35H2,1-5H3,(H,64,67,75)(H,66,73,76)/t36-,48?/m0/s1. The number of piperazine rings is 1. The Bertz CT molecular complexity index is 3510. The number of hydrogen-bond acceptors (Lipinski definition) is 15. The second-order valence-corrected chi connectivity index (χ2v) is 24.0. The Labute approximate surface area is 478 Å². The summed E-state index contributed by atoms with van der Waals surface area (Å²) < 4.78 is 29.0. The number of esters is 1. The Morgan fingerprint density at radius 3 is 2.29 bits per heavy atom. The molecule has 0 aliphatic carbocycles. The third kappa shape index (κ3) is 11.5. The Kier molecular flexibility index (Phi) is 15.7. The van der Waals surface area contributed by atoms with Gasteiger partial charge in [0.25, 0.3) is 17.7 Å². The van der Waals surface area contributed by atoms with Crippen molar-refractivity contribution in [2.75, 3.05) is 74.1 Å². The molecule has 18 nitrogen and oxygen atoms in total. The number of nitrogens with one attached hydrogen (secondary N) is 2. The Morgan fingerprint density at radius 2 is 1.55 bits per heavy atom. The summed E-state index contributed by atoms with van der Waals surface area (Å²) in [7, 11) is 0. The van der Waals surface area contributed by atoms with Crippen LogP contribution in [0.3, 0.4) is 0 Å². The molecule has 11 rings (SSSR count). The number of imide groups is 2. The molecular formula is C62H66FN9O9S. The van der Waals surface area contributed by atoms with E-state index in [-0.39, 0.29) is 53.7 Å².